The van der Waals surface area contributed by atoms with E-state index in [0.717, 1.165) is 11.4 Å². The average molecular weight is 340 g/mol. The smallest absolute Gasteiger partial charge is 0.311 e. The van der Waals surface area contributed by atoms with Gasteiger partial charge in [-0.1, -0.05) is 6.07 Å². The van der Waals surface area contributed by atoms with Gasteiger partial charge in [0.2, 0.25) is 5.91 Å². The van der Waals surface area contributed by atoms with Crippen LogP contribution in [0.15, 0.2) is 48.7 Å². The molecule has 3 rings (SSSR count). The summed E-state index contributed by atoms with van der Waals surface area (Å²) in [5, 5.41) is 0. The third-order valence-corrected chi connectivity index (χ3v) is 4.01. The molecular formula is C19H20N2O4. The zero-order valence-electron chi connectivity index (χ0n) is 14.1. The molecule has 130 valence electrons. The molecule has 0 radical (unpaired) electrons. The van der Waals surface area contributed by atoms with Crippen LogP contribution in [0.25, 0.3) is 0 Å². The van der Waals surface area contributed by atoms with E-state index in [-0.39, 0.29) is 24.9 Å². The van der Waals surface area contributed by atoms with Crippen molar-refractivity contribution in [3.63, 3.8) is 0 Å². The van der Waals surface area contributed by atoms with E-state index < -0.39 is 5.92 Å². The molecular weight excluding hydrogens is 320 g/mol. The Hall–Kier alpha value is -2.89. The Bertz CT molecular complexity index is 731. The fourth-order valence-corrected chi connectivity index (χ4v) is 2.75. The van der Waals surface area contributed by atoms with Crippen LogP contribution in [-0.4, -0.2) is 30.0 Å². The second kappa shape index (κ2) is 7.79. The van der Waals surface area contributed by atoms with Crippen molar-refractivity contribution >= 4 is 17.6 Å². The minimum atomic E-state index is -0.456. The Kier molecular flexibility index (Phi) is 5.28. The fraction of sp³-hybridized carbons (Fsp3) is 0.316. The lowest BCUT2D eigenvalue weighted by molar-refractivity contribution is -0.149. The predicted octanol–water partition coefficient (Wildman–Crippen LogP) is 2.58. The highest BCUT2D eigenvalue weighted by Gasteiger charge is 2.36. The minimum absolute atomic E-state index is 0.0797. The first-order valence-corrected chi connectivity index (χ1v) is 8.27. The lowest BCUT2D eigenvalue weighted by atomic mass is 10.1. The van der Waals surface area contributed by atoms with E-state index in [1.165, 1.54) is 0 Å². The maximum atomic E-state index is 12.2. The molecule has 1 fully saturated rings. The molecule has 1 aromatic carbocycles. The number of pyridine rings is 1. The first-order chi connectivity index (χ1) is 12.2. The van der Waals surface area contributed by atoms with E-state index >= 15 is 0 Å². The van der Waals surface area contributed by atoms with Crippen LogP contribution in [0.5, 0.6) is 5.75 Å². The summed E-state index contributed by atoms with van der Waals surface area (Å²) in [6, 6.07) is 12.7. The summed E-state index contributed by atoms with van der Waals surface area (Å²) in [5.74, 6) is -0.150. The second-order valence-corrected chi connectivity index (χ2v) is 5.76. The summed E-state index contributed by atoms with van der Waals surface area (Å²) in [6.07, 6.45) is 1.81. The summed E-state index contributed by atoms with van der Waals surface area (Å²) in [6.45, 7) is 2.95. The van der Waals surface area contributed by atoms with Crippen LogP contribution >= 0.6 is 0 Å². The van der Waals surface area contributed by atoms with Gasteiger partial charge in [0.25, 0.3) is 0 Å². The summed E-state index contributed by atoms with van der Waals surface area (Å²) < 4.78 is 10.7. The van der Waals surface area contributed by atoms with Gasteiger partial charge in [-0.25, -0.2) is 0 Å². The van der Waals surface area contributed by atoms with Gasteiger partial charge < -0.3 is 14.4 Å². The van der Waals surface area contributed by atoms with E-state index in [1.807, 2.05) is 37.3 Å². The summed E-state index contributed by atoms with van der Waals surface area (Å²) >= 11 is 0. The molecule has 2 aromatic rings. The molecule has 0 saturated carbocycles. The van der Waals surface area contributed by atoms with Crippen molar-refractivity contribution < 1.29 is 19.1 Å². The number of carbonyl (C=O) groups excluding carboxylic acids is 2. The van der Waals surface area contributed by atoms with Crippen molar-refractivity contribution in [3.05, 3.63) is 54.4 Å². The van der Waals surface area contributed by atoms with E-state index in [4.69, 9.17) is 9.47 Å². The number of benzene rings is 1. The molecule has 0 N–H and O–H groups in total. The van der Waals surface area contributed by atoms with Gasteiger partial charge in [0.05, 0.1) is 18.2 Å². The van der Waals surface area contributed by atoms with Gasteiger partial charge in [-0.2, -0.15) is 0 Å². The van der Waals surface area contributed by atoms with Crippen LogP contribution in [0, 0.1) is 5.92 Å². The van der Waals surface area contributed by atoms with Crippen molar-refractivity contribution in [2.24, 2.45) is 5.92 Å². The molecule has 6 heteroatoms. The predicted molar refractivity (Wildman–Crippen MR) is 92.1 cm³/mol. The number of hydrogen-bond acceptors (Lipinski definition) is 5. The molecule has 1 amide bonds. The van der Waals surface area contributed by atoms with Gasteiger partial charge >= 0.3 is 5.97 Å². The number of anilines is 1. The highest BCUT2D eigenvalue weighted by Crippen LogP contribution is 2.27. The summed E-state index contributed by atoms with van der Waals surface area (Å²) in [4.78, 5) is 30.2. The number of nitrogens with zero attached hydrogens (tertiary/aromatic N) is 2. The molecule has 1 aliphatic rings. The lowest BCUT2D eigenvalue weighted by Gasteiger charge is -2.17. The Labute approximate surface area is 146 Å². The number of hydrogen-bond donors (Lipinski definition) is 0. The maximum Gasteiger partial charge on any atom is 0.311 e. The van der Waals surface area contributed by atoms with Gasteiger partial charge in [-0.05, 0) is 43.3 Å². The van der Waals surface area contributed by atoms with Crippen molar-refractivity contribution in [2.45, 2.75) is 20.0 Å². The van der Waals surface area contributed by atoms with Gasteiger partial charge in [-0.3, -0.25) is 14.6 Å². The van der Waals surface area contributed by atoms with E-state index in [2.05, 4.69) is 4.98 Å². The van der Waals surface area contributed by atoms with Gasteiger partial charge in [-0.15, -0.1) is 0 Å². The summed E-state index contributed by atoms with van der Waals surface area (Å²) in [5.41, 5.74) is 1.44. The quantitative estimate of drug-likeness (QED) is 0.756. The van der Waals surface area contributed by atoms with Gasteiger partial charge in [0.1, 0.15) is 12.4 Å². The molecule has 0 aliphatic carbocycles. The number of carbonyl (C=O) groups is 2. The number of ether oxygens (including phenoxy) is 2. The number of esters is 1. The molecule has 25 heavy (non-hydrogen) atoms. The van der Waals surface area contributed by atoms with Crippen molar-refractivity contribution in [1.82, 2.24) is 4.98 Å². The summed E-state index contributed by atoms with van der Waals surface area (Å²) in [7, 11) is 0. The molecule has 1 aliphatic heterocycles. The van der Waals surface area contributed by atoms with Crippen LogP contribution < -0.4 is 9.64 Å². The normalized spacial score (nSPS) is 16.8. The third-order valence-electron chi connectivity index (χ3n) is 4.01. The largest absolute Gasteiger partial charge is 0.494 e. The van der Waals surface area contributed by atoms with Crippen LogP contribution in [0.4, 0.5) is 5.69 Å². The lowest BCUT2D eigenvalue weighted by Crippen LogP contribution is -2.26. The Morgan fingerprint density at radius 1 is 1.24 bits per heavy atom. The molecule has 1 unspecified atom stereocenters. The average Bonchev–Trinajstić information content (AvgIpc) is 3.03. The highest BCUT2D eigenvalue weighted by atomic mass is 16.5. The van der Waals surface area contributed by atoms with Gasteiger partial charge in [0, 0.05) is 24.8 Å². The zero-order valence-corrected chi connectivity index (χ0v) is 14.1. The van der Waals surface area contributed by atoms with E-state index in [9.17, 15) is 9.59 Å². The zero-order chi connectivity index (χ0) is 17.6. The van der Waals surface area contributed by atoms with Crippen molar-refractivity contribution in [1.29, 1.82) is 0 Å². The van der Waals surface area contributed by atoms with Crippen molar-refractivity contribution in [3.8, 4) is 5.75 Å². The number of aromatic nitrogens is 1. The van der Waals surface area contributed by atoms with Gasteiger partial charge in [0.15, 0.2) is 0 Å². The molecule has 1 saturated heterocycles. The molecule has 2 heterocycles. The maximum absolute atomic E-state index is 12.2. The fourth-order valence-electron chi connectivity index (χ4n) is 2.75. The second-order valence-electron chi connectivity index (χ2n) is 5.76. The van der Waals surface area contributed by atoms with Crippen LogP contribution in [0.1, 0.15) is 19.0 Å². The minimum Gasteiger partial charge on any atom is -0.494 e. The molecule has 1 aromatic heterocycles. The molecule has 0 bridgehead atoms. The van der Waals surface area contributed by atoms with Crippen molar-refractivity contribution in [2.75, 3.05) is 18.1 Å². The van der Waals surface area contributed by atoms with E-state index in [0.29, 0.717) is 18.8 Å². The van der Waals surface area contributed by atoms with Crippen LogP contribution in [0.2, 0.25) is 0 Å². The SMILES string of the molecule is CCOc1ccc(N2CC(C(=O)OCc3ccccn3)CC2=O)cc1. The Balaban J connectivity index is 1.58. The first-order valence-electron chi connectivity index (χ1n) is 8.27. The number of rotatable bonds is 6. The highest BCUT2D eigenvalue weighted by molar-refractivity contribution is 5.99. The molecule has 1 atom stereocenters. The Morgan fingerprint density at radius 2 is 2.04 bits per heavy atom. The van der Waals surface area contributed by atoms with Crippen LogP contribution in [0.3, 0.4) is 0 Å². The standard InChI is InChI=1S/C19H20N2O4/c1-2-24-17-8-6-16(7-9-17)21-12-14(11-18(21)22)19(23)25-13-15-5-3-4-10-20-15/h3-10,14H,2,11-13H2,1H3. The molecule has 0 spiro atoms. The topological polar surface area (TPSA) is 68.7 Å². The molecule has 6 nitrogen and oxygen atoms in total. The number of amides is 1. The first kappa shape index (κ1) is 17.0. The van der Waals surface area contributed by atoms with Crippen LogP contribution in [-0.2, 0) is 20.9 Å². The van der Waals surface area contributed by atoms with E-state index in [1.54, 1.807) is 23.2 Å². The Morgan fingerprint density at radius 3 is 2.72 bits per heavy atom. The monoisotopic (exact) mass is 340 g/mol. The third kappa shape index (κ3) is 4.15.